The lowest BCUT2D eigenvalue weighted by molar-refractivity contribution is -0.116. The van der Waals surface area contributed by atoms with Crippen LogP contribution in [0.4, 0.5) is 0 Å². The number of hydrogen-bond donors (Lipinski definition) is 0. The highest BCUT2D eigenvalue weighted by Crippen LogP contribution is 2.20. The molecule has 1 aliphatic rings. The first-order valence-corrected chi connectivity index (χ1v) is 4.51. The third kappa shape index (κ3) is 2.97. The lowest BCUT2D eigenvalue weighted by atomic mass is 10.2. The van der Waals surface area contributed by atoms with E-state index in [1.165, 1.54) is 0 Å². The average Bonchev–Trinajstić information content (AvgIpc) is 2.31. The van der Waals surface area contributed by atoms with Gasteiger partial charge in [-0.05, 0) is 12.3 Å². The molecule has 11 heavy (non-hydrogen) atoms. The maximum atomic E-state index is 5.91. The molecule has 1 rings (SSSR count). The summed E-state index contributed by atoms with van der Waals surface area (Å²) in [7, 11) is 0. The van der Waals surface area contributed by atoms with Crippen molar-refractivity contribution < 1.29 is 9.47 Å². The number of halogens is 1. The zero-order chi connectivity index (χ0) is 8.27. The standard InChI is InChI=1S/C8H15ClO2/c1-6(2)5-11-8-7(9)3-4-10-8/h6-8H,3-5H2,1-2H3. The summed E-state index contributed by atoms with van der Waals surface area (Å²) < 4.78 is 10.7. The third-order valence-electron chi connectivity index (χ3n) is 1.56. The number of ether oxygens (including phenoxy) is 2. The van der Waals surface area contributed by atoms with Crippen molar-refractivity contribution in [2.24, 2.45) is 5.92 Å². The number of rotatable bonds is 3. The minimum Gasteiger partial charge on any atom is -0.351 e. The normalized spacial score (nSPS) is 31.6. The minimum absolute atomic E-state index is 0.0498. The molecule has 2 unspecified atom stereocenters. The third-order valence-corrected chi connectivity index (χ3v) is 1.99. The summed E-state index contributed by atoms with van der Waals surface area (Å²) in [6.45, 7) is 5.68. The maximum Gasteiger partial charge on any atom is 0.173 e. The molecule has 0 radical (unpaired) electrons. The van der Waals surface area contributed by atoms with Crippen molar-refractivity contribution in [3.63, 3.8) is 0 Å². The minimum atomic E-state index is -0.168. The molecule has 1 aliphatic heterocycles. The van der Waals surface area contributed by atoms with Crippen LogP contribution in [0.3, 0.4) is 0 Å². The molecule has 3 heteroatoms. The van der Waals surface area contributed by atoms with Crippen molar-refractivity contribution in [2.45, 2.75) is 31.9 Å². The molecule has 2 atom stereocenters. The van der Waals surface area contributed by atoms with E-state index >= 15 is 0 Å². The van der Waals surface area contributed by atoms with Crippen LogP contribution in [0.5, 0.6) is 0 Å². The van der Waals surface area contributed by atoms with E-state index in [0.717, 1.165) is 19.6 Å². The van der Waals surface area contributed by atoms with Crippen LogP contribution >= 0.6 is 11.6 Å². The van der Waals surface area contributed by atoms with Gasteiger partial charge in [0, 0.05) is 0 Å². The monoisotopic (exact) mass is 178 g/mol. The van der Waals surface area contributed by atoms with Crippen molar-refractivity contribution in [2.75, 3.05) is 13.2 Å². The molecule has 0 aromatic rings. The van der Waals surface area contributed by atoms with Gasteiger partial charge in [0.1, 0.15) is 0 Å². The second kappa shape index (κ2) is 4.29. The smallest absolute Gasteiger partial charge is 0.173 e. The van der Waals surface area contributed by atoms with Crippen LogP contribution < -0.4 is 0 Å². The van der Waals surface area contributed by atoms with Crippen molar-refractivity contribution >= 4 is 11.6 Å². The predicted octanol–water partition coefficient (Wildman–Crippen LogP) is 2.01. The van der Waals surface area contributed by atoms with Crippen LogP contribution in [0.1, 0.15) is 20.3 Å². The van der Waals surface area contributed by atoms with Crippen LogP contribution in [-0.4, -0.2) is 24.9 Å². The van der Waals surface area contributed by atoms with E-state index in [1.54, 1.807) is 0 Å². The van der Waals surface area contributed by atoms with Crippen LogP contribution in [0.15, 0.2) is 0 Å². The fraction of sp³-hybridized carbons (Fsp3) is 1.00. The second-order valence-corrected chi connectivity index (χ2v) is 3.83. The number of hydrogen-bond acceptors (Lipinski definition) is 2. The molecular weight excluding hydrogens is 164 g/mol. The molecule has 1 saturated heterocycles. The summed E-state index contributed by atoms with van der Waals surface area (Å²) in [5.41, 5.74) is 0. The predicted molar refractivity (Wildman–Crippen MR) is 44.8 cm³/mol. The van der Waals surface area contributed by atoms with Gasteiger partial charge in [-0.25, -0.2) is 0 Å². The lowest BCUT2D eigenvalue weighted by Crippen LogP contribution is -2.22. The van der Waals surface area contributed by atoms with Crippen LogP contribution in [0.2, 0.25) is 0 Å². The van der Waals surface area contributed by atoms with Crippen LogP contribution in [0, 0.1) is 5.92 Å². The van der Waals surface area contributed by atoms with E-state index in [0.29, 0.717) is 5.92 Å². The molecule has 1 fully saturated rings. The summed E-state index contributed by atoms with van der Waals surface area (Å²) in [4.78, 5) is 0. The summed E-state index contributed by atoms with van der Waals surface area (Å²) >= 11 is 5.91. The van der Waals surface area contributed by atoms with Gasteiger partial charge in [0.2, 0.25) is 0 Å². The van der Waals surface area contributed by atoms with E-state index in [2.05, 4.69) is 13.8 Å². The highest BCUT2D eigenvalue weighted by molar-refractivity contribution is 6.21. The Kier molecular flexibility index (Phi) is 3.63. The van der Waals surface area contributed by atoms with Crippen LogP contribution in [-0.2, 0) is 9.47 Å². The summed E-state index contributed by atoms with van der Waals surface area (Å²) in [5, 5.41) is 0.0498. The van der Waals surface area contributed by atoms with E-state index in [9.17, 15) is 0 Å². The van der Waals surface area contributed by atoms with E-state index in [-0.39, 0.29) is 11.7 Å². The molecule has 0 aromatic carbocycles. The zero-order valence-electron chi connectivity index (χ0n) is 7.05. The topological polar surface area (TPSA) is 18.5 Å². The summed E-state index contributed by atoms with van der Waals surface area (Å²) in [6, 6.07) is 0. The second-order valence-electron chi connectivity index (χ2n) is 3.27. The molecule has 0 N–H and O–H groups in total. The molecule has 2 nitrogen and oxygen atoms in total. The SMILES string of the molecule is CC(C)COC1OCCC1Cl. The van der Waals surface area contributed by atoms with E-state index in [4.69, 9.17) is 21.1 Å². The highest BCUT2D eigenvalue weighted by Gasteiger charge is 2.26. The van der Waals surface area contributed by atoms with Crippen molar-refractivity contribution in [1.29, 1.82) is 0 Å². The maximum absolute atomic E-state index is 5.91. The quantitative estimate of drug-likeness (QED) is 0.616. The van der Waals surface area contributed by atoms with Crippen molar-refractivity contribution in [3.05, 3.63) is 0 Å². The van der Waals surface area contributed by atoms with Gasteiger partial charge in [-0.1, -0.05) is 13.8 Å². The van der Waals surface area contributed by atoms with Gasteiger partial charge in [-0.2, -0.15) is 0 Å². The molecule has 66 valence electrons. The van der Waals surface area contributed by atoms with E-state index in [1.807, 2.05) is 0 Å². The molecule has 0 amide bonds. The van der Waals surface area contributed by atoms with Gasteiger partial charge < -0.3 is 9.47 Å². The Balaban J connectivity index is 2.15. The van der Waals surface area contributed by atoms with Gasteiger partial charge in [0.05, 0.1) is 18.6 Å². The zero-order valence-corrected chi connectivity index (χ0v) is 7.80. The Hall–Kier alpha value is 0.210. The molecule has 0 bridgehead atoms. The Labute approximate surface area is 72.8 Å². The Morgan fingerprint density at radius 2 is 2.36 bits per heavy atom. The Morgan fingerprint density at radius 3 is 2.82 bits per heavy atom. The largest absolute Gasteiger partial charge is 0.351 e. The first kappa shape index (κ1) is 9.30. The molecule has 0 spiro atoms. The van der Waals surface area contributed by atoms with Gasteiger partial charge >= 0.3 is 0 Å². The first-order valence-electron chi connectivity index (χ1n) is 4.07. The molecule has 1 heterocycles. The van der Waals surface area contributed by atoms with E-state index < -0.39 is 0 Å². The molecular formula is C8H15ClO2. The average molecular weight is 179 g/mol. The number of alkyl halides is 1. The first-order chi connectivity index (χ1) is 5.20. The highest BCUT2D eigenvalue weighted by atomic mass is 35.5. The molecule has 0 aromatic heterocycles. The van der Waals surface area contributed by atoms with Gasteiger partial charge in [-0.3, -0.25) is 0 Å². The Bertz CT molecular complexity index is 117. The lowest BCUT2D eigenvalue weighted by Gasteiger charge is -2.15. The van der Waals surface area contributed by atoms with Gasteiger partial charge in [-0.15, -0.1) is 11.6 Å². The summed E-state index contributed by atoms with van der Waals surface area (Å²) in [5.74, 6) is 0.545. The fourth-order valence-corrected chi connectivity index (χ4v) is 1.21. The molecule has 0 aliphatic carbocycles. The van der Waals surface area contributed by atoms with Crippen LogP contribution in [0.25, 0.3) is 0 Å². The Morgan fingerprint density at radius 1 is 1.64 bits per heavy atom. The summed E-state index contributed by atoms with van der Waals surface area (Å²) in [6.07, 6.45) is 0.740. The van der Waals surface area contributed by atoms with Crippen molar-refractivity contribution in [1.82, 2.24) is 0 Å². The van der Waals surface area contributed by atoms with Gasteiger partial charge in [0.15, 0.2) is 6.29 Å². The fourth-order valence-electron chi connectivity index (χ4n) is 0.977. The molecule has 0 saturated carbocycles. The van der Waals surface area contributed by atoms with Gasteiger partial charge in [0.25, 0.3) is 0 Å². The van der Waals surface area contributed by atoms with Crippen molar-refractivity contribution in [3.8, 4) is 0 Å².